The molecule has 29 heavy (non-hydrogen) atoms. The molecule has 0 bridgehead atoms. The average molecular weight is 401 g/mol. The maximum absolute atomic E-state index is 13.6. The second-order valence-electron chi connectivity index (χ2n) is 6.92. The Morgan fingerprint density at radius 1 is 1.14 bits per heavy atom. The Kier molecular flexibility index (Phi) is 6.21. The molecule has 0 saturated carbocycles. The molecule has 0 aliphatic carbocycles. The van der Waals surface area contributed by atoms with Gasteiger partial charge in [-0.1, -0.05) is 13.8 Å². The predicted molar refractivity (Wildman–Crippen MR) is 105 cm³/mol. The monoisotopic (exact) mass is 401 g/mol. The van der Waals surface area contributed by atoms with E-state index in [4.69, 9.17) is 4.42 Å². The summed E-state index contributed by atoms with van der Waals surface area (Å²) in [5.41, 5.74) is 1.68. The predicted octanol–water partition coefficient (Wildman–Crippen LogP) is 4.38. The van der Waals surface area contributed by atoms with Gasteiger partial charge in [-0.3, -0.25) is 9.59 Å². The molecule has 2 aromatic carbocycles. The Morgan fingerprint density at radius 3 is 2.66 bits per heavy atom. The highest BCUT2D eigenvalue weighted by Gasteiger charge is 2.13. The van der Waals surface area contributed by atoms with Crippen LogP contribution < -0.4 is 10.6 Å². The van der Waals surface area contributed by atoms with Gasteiger partial charge in [-0.15, -0.1) is 0 Å². The molecule has 0 aliphatic rings. The first-order chi connectivity index (χ1) is 13.8. The number of carbonyl (C=O) groups is 2. The molecular weight excluding hydrogens is 380 g/mol. The Balaban J connectivity index is 1.47. The third-order valence-corrected chi connectivity index (χ3v) is 4.22. The van der Waals surface area contributed by atoms with E-state index in [1.807, 2.05) is 13.8 Å². The van der Waals surface area contributed by atoms with Crippen molar-refractivity contribution in [3.63, 3.8) is 0 Å². The summed E-state index contributed by atoms with van der Waals surface area (Å²) in [4.78, 5) is 28.4. The molecule has 2 N–H and O–H groups in total. The van der Waals surface area contributed by atoms with Crippen LogP contribution in [0, 0.1) is 11.6 Å². The molecule has 0 atom stereocenters. The summed E-state index contributed by atoms with van der Waals surface area (Å²) >= 11 is 0. The third kappa shape index (κ3) is 5.16. The normalized spacial score (nSPS) is 11.1. The molecule has 152 valence electrons. The Hall–Kier alpha value is -3.29. The molecular formula is C21H21F2N3O3. The van der Waals surface area contributed by atoms with E-state index in [1.165, 1.54) is 0 Å². The first-order valence-corrected chi connectivity index (χ1v) is 9.27. The van der Waals surface area contributed by atoms with Crippen LogP contribution in [0.15, 0.2) is 40.8 Å². The molecule has 6 nitrogen and oxygen atoms in total. The summed E-state index contributed by atoms with van der Waals surface area (Å²) in [6.07, 6.45) is 0.532. The summed E-state index contributed by atoms with van der Waals surface area (Å²) in [5, 5.41) is 5.28. The minimum absolute atomic E-state index is 0.166. The number of nitrogens with one attached hydrogen (secondary N) is 2. The van der Waals surface area contributed by atoms with Crippen molar-refractivity contribution in [1.82, 2.24) is 10.3 Å². The smallest absolute Gasteiger partial charge is 0.254 e. The number of oxazole rings is 1. The molecule has 0 aliphatic heterocycles. The van der Waals surface area contributed by atoms with E-state index in [-0.39, 0.29) is 30.4 Å². The van der Waals surface area contributed by atoms with Gasteiger partial charge in [0.15, 0.2) is 11.5 Å². The molecule has 1 heterocycles. The minimum Gasteiger partial charge on any atom is -0.440 e. The van der Waals surface area contributed by atoms with Gasteiger partial charge >= 0.3 is 0 Å². The maximum atomic E-state index is 13.6. The number of carbonyl (C=O) groups excluding carboxylic acids is 2. The lowest BCUT2D eigenvalue weighted by molar-refractivity contribution is -0.116. The van der Waals surface area contributed by atoms with Crippen molar-refractivity contribution in [3.8, 4) is 0 Å². The van der Waals surface area contributed by atoms with Gasteiger partial charge in [0.2, 0.25) is 5.91 Å². The van der Waals surface area contributed by atoms with Crippen molar-refractivity contribution in [2.24, 2.45) is 0 Å². The van der Waals surface area contributed by atoms with E-state index in [1.54, 1.807) is 18.2 Å². The van der Waals surface area contributed by atoms with Crippen molar-refractivity contribution in [3.05, 3.63) is 59.5 Å². The first kappa shape index (κ1) is 20.4. The molecule has 1 aromatic heterocycles. The Bertz CT molecular complexity index is 1050. The molecule has 0 saturated heterocycles. The zero-order valence-corrected chi connectivity index (χ0v) is 16.1. The maximum Gasteiger partial charge on any atom is 0.254 e. The molecule has 3 rings (SSSR count). The van der Waals surface area contributed by atoms with Gasteiger partial charge in [0, 0.05) is 30.6 Å². The molecule has 0 unspecified atom stereocenters. The summed E-state index contributed by atoms with van der Waals surface area (Å²) in [7, 11) is 0. The SMILES string of the molecule is CC(C)c1nc2cc(NC(=O)CCCNC(=O)c3ccc(F)cc3F)ccc2o1. The fourth-order valence-corrected chi connectivity index (χ4v) is 2.71. The van der Waals surface area contributed by atoms with Crippen LogP contribution in [0.1, 0.15) is 48.9 Å². The van der Waals surface area contributed by atoms with Gasteiger partial charge in [0.1, 0.15) is 17.2 Å². The van der Waals surface area contributed by atoms with Crippen molar-refractivity contribution in [2.75, 3.05) is 11.9 Å². The number of anilines is 1. The second kappa shape index (κ2) is 8.81. The standard InChI is InChI=1S/C21H21F2N3O3/c1-12(2)21-26-17-11-14(6-8-18(17)29-21)25-19(27)4-3-9-24-20(28)15-7-5-13(22)10-16(15)23/h5-8,10-12H,3-4,9H2,1-2H3,(H,24,28)(H,25,27). The van der Waals surface area contributed by atoms with Gasteiger partial charge in [0.25, 0.3) is 5.91 Å². The van der Waals surface area contributed by atoms with Crippen LogP contribution in [-0.4, -0.2) is 23.3 Å². The zero-order chi connectivity index (χ0) is 21.0. The zero-order valence-electron chi connectivity index (χ0n) is 16.1. The minimum atomic E-state index is -0.927. The molecule has 0 spiro atoms. The topological polar surface area (TPSA) is 84.2 Å². The van der Waals surface area contributed by atoms with Crippen LogP contribution in [-0.2, 0) is 4.79 Å². The Morgan fingerprint density at radius 2 is 1.93 bits per heavy atom. The number of fused-ring (bicyclic) bond motifs is 1. The quantitative estimate of drug-likeness (QED) is 0.576. The molecule has 8 heteroatoms. The van der Waals surface area contributed by atoms with Crippen LogP contribution in [0.3, 0.4) is 0 Å². The van der Waals surface area contributed by atoms with Gasteiger partial charge in [0.05, 0.1) is 5.56 Å². The number of hydrogen-bond donors (Lipinski definition) is 2. The van der Waals surface area contributed by atoms with Crippen LogP contribution in [0.2, 0.25) is 0 Å². The highest BCUT2D eigenvalue weighted by Crippen LogP contribution is 2.23. The third-order valence-electron chi connectivity index (χ3n) is 4.22. The van der Waals surface area contributed by atoms with Gasteiger partial charge < -0.3 is 15.1 Å². The average Bonchev–Trinajstić information content (AvgIpc) is 3.09. The Labute approximate surface area is 166 Å². The van der Waals surface area contributed by atoms with E-state index in [0.29, 0.717) is 35.2 Å². The number of aromatic nitrogens is 1. The highest BCUT2D eigenvalue weighted by molar-refractivity contribution is 5.95. The van der Waals surface area contributed by atoms with Crippen LogP contribution >= 0.6 is 0 Å². The van der Waals surface area contributed by atoms with Crippen LogP contribution in [0.25, 0.3) is 11.1 Å². The fourth-order valence-electron chi connectivity index (χ4n) is 2.71. The number of amides is 2. The lowest BCUT2D eigenvalue weighted by atomic mass is 10.2. The van der Waals surface area contributed by atoms with Crippen molar-refractivity contribution >= 4 is 28.6 Å². The van der Waals surface area contributed by atoms with Crippen molar-refractivity contribution in [2.45, 2.75) is 32.6 Å². The van der Waals surface area contributed by atoms with Crippen LogP contribution in [0.5, 0.6) is 0 Å². The fraction of sp³-hybridized carbons (Fsp3) is 0.286. The van der Waals surface area contributed by atoms with Gasteiger partial charge in [-0.05, 0) is 36.8 Å². The highest BCUT2D eigenvalue weighted by atomic mass is 19.1. The lowest BCUT2D eigenvalue weighted by Crippen LogP contribution is -2.26. The number of hydrogen-bond acceptors (Lipinski definition) is 4. The number of benzene rings is 2. The lowest BCUT2D eigenvalue weighted by Gasteiger charge is -2.07. The largest absolute Gasteiger partial charge is 0.440 e. The van der Waals surface area contributed by atoms with E-state index in [9.17, 15) is 18.4 Å². The molecule has 0 radical (unpaired) electrons. The van der Waals surface area contributed by atoms with E-state index >= 15 is 0 Å². The van der Waals surface area contributed by atoms with E-state index < -0.39 is 17.5 Å². The van der Waals surface area contributed by atoms with Crippen molar-refractivity contribution < 1.29 is 22.8 Å². The first-order valence-electron chi connectivity index (χ1n) is 9.27. The van der Waals surface area contributed by atoms with Gasteiger partial charge in [-0.25, -0.2) is 13.8 Å². The summed E-state index contributed by atoms with van der Waals surface area (Å²) in [6, 6.07) is 7.97. The van der Waals surface area contributed by atoms with E-state index in [0.717, 1.165) is 12.1 Å². The summed E-state index contributed by atoms with van der Waals surface area (Å²) in [5.74, 6) is -1.75. The number of halogens is 2. The van der Waals surface area contributed by atoms with Crippen LogP contribution in [0.4, 0.5) is 14.5 Å². The van der Waals surface area contributed by atoms with Crippen molar-refractivity contribution in [1.29, 1.82) is 0 Å². The molecule has 2 amide bonds. The molecule has 3 aromatic rings. The van der Waals surface area contributed by atoms with E-state index in [2.05, 4.69) is 15.6 Å². The van der Waals surface area contributed by atoms with Gasteiger partial charge in [-0.2, -0.15) is 0 Å². The molecule has 0 fully saturated rings. The summed E-state index contributed by atoms with van der Waals surface area (Å²) in [6.45, 7) is 4.15. The summed E-state index contributed by atoms with van der Waals surface area (Å²) < 4.78 is 32.1. The number of rotatable bonds is 7. The second-order valence-corrected chi connectivity index (χ2v) is 6.92. The number of nitrogens with zero attached hydrogens (tertiary/aromatic N) is 1.